The highest BCUT2D eigenvalue weighted by molar-refractivity contribution is 5.78. The summed E-state index contributed by atoms with van der Waals surface area (Å²) in [5, 5.41) is 21.6. The van der Waals surface area contributed by atoms with Crippen molar-refractivity contribution in [2.45, 2.75) is 51.2 Å². The maximum Gasteiger partial charge on any atom is 0.326 e. The number of pyridine rings is 1. The largest absolute Gasteiger partial charge is 0.480 e. The molecule has 4 heterocycles. The van der Waals surface area contributed by atoms with Crippen LogP contribution in [0.25, 0.3) is 22.6 Å². The Hall–Kier alpha value is -4.34. The average Bonchev–Trinajstić information content (AvgIpc) is 3.36. The molecule has 2 N–H and O–H groups in total. The number of hydrogen-bond acceptors (Lipinski definition) is 8. The van der Waals surface area contributed by atoms with Gasteiger partial charge in [-0.25, -0.2) is 24.4 Å². The summed E-state index contributed by atoms with van der Waals surface area (Å²) in [5.41, 5.74) is 5.15. The van der Waals surface area contributed by atoms with Crippen LogP contribution >= 0.6 is 0 Å². The second kappa shape index (κ2) is 9.61. The molecule has 188 valence electrons. The molecule has 10 nitrogen and oxygen atoms in total. The molecule has 1 saturated heterocycles. The second-order valence-electron chi connectivity index (χ2n) is 9.73. The van der Waals surface area contributed by atoms with Gasteiger partial charge in [-0.15, -0.1) is 5.10 Å². The molecule has 1 aromatic carbocycles. The van der Waals surface area contributed by atoms with E-state index in [2.05, 4.69) is 34.7 Å². The van der Waals surface area contributed by atoms with E-state index in [1.54, 1.807) is 4.68 Å². The number of nitrogens with zero attached hydrogens (tertiary/aromatic N) is 7. The first kappa shape index (κ1) is 23.1. The number of aliphatic carboxylic acids is 1. The molecule has 1 aliphatic carbocycles. The van der Waals surface area contributed by atoms with Crippen molar-refractivity contribution in [1.29, 1.82) is 0 Å². The number of carboxylic acids is 1. The van der Waals surface area contributed by atoms with Gasteiger partial charge in [0.15, 0.2) is 0 Å². The highest BCUT2D eigenvalue weighted by Crippen LogP contribution is 2.28. The molecule has 3 aromatic heterocycles. The monoisotopic (exact) mass is 496 g/mol. The van der Waals surface area contributed by atoms with Gasteiger partial charge < -0.3 is 15.3 Å². The van der Waals surface area contributed by atoms with Crippen LogP contribution in [0, 0.1) is 6.92 Å². The van der Waals surface area contributed by atoms with Gasteiger partial charge in [-0.2, -0.15) is 0 Å². The molecule has 1 saturated carbocycles. The van der Waals surface area contributed by atoms with Crippen LogP contribution < -0.4 is 10.2 Å². The number of carboxylic acid groups (broad SMARTS) is 1. The fourth-order valence-corrected chi connectivity index (χ4v) is 4.68. The Morgan fingerprint density at radius 3 is 2.68 bits per heavy atom. The molecule has 2 fully saturated rings. The van der Waals surface area contributed by atoms with Gasteiger partial charge in [0.05, 0.1) is 29.8 Å². The van der Waals surface area contributed by atoms with Crippen molar-refractivity contribution in [2.24, 2.45) is 0 Å². The summed E-state index contributed by atoms with van der Waals surface area (Å²) in [6.07, 6.45) is 5.58. The lowest BCUT2D eigenvalue weighted by molar-refractivity contribution is -0.138. The van der Waals surface area contributed by atoms with Gasteiger partial charge in [-0.1, -0.05) is 35.0 Å². The first-order valence-corrected chi connectivity index (χ1v) is 12.6. The number of nitrogens with one attached hydrogen (secondary N) is 1. The van der Waals surface area contributed by atoms with E-state index in [1.165, 1.54) is 5.56 Å². The summed E-state index contributed by atoms with van der Waals surface area (Å²) in [5.74, 6) is 0.465. The molecule has 10 heteroatoms. The first-order valence-electron chi connectivity index (χ1n) is 12.6. The molecule has 0 amide bonds. The van der Waals surface area contributed by atoms with Crippen LogP contribution in [0.3, 0.4) is 0 Å². The van der Waals surface area contributed by atoms with Crippen molar-refractivity contribution in [3.05, 3.63) is 66.0 Å². The minimum Gasteiger partial charge on any atom is -0.480 e. The molecule has 1 atom stereocenters. The van der Waals surface area contributed by atoms with E-state index in [9.17, 15) is 9.90 Å². The molecule has 0 radical (unpaired) electrons. The fraction of sp³-hybridized carbons (Fsp3) is 0.333. The first-order chi connectivity index (χ1) is 18.0. The van der Waals surface area contributed by atoms with Gasteiger partial charge in [-0.3, -0.25) is 0 Å². The highest BCUT2D eigenvalue weighted by Gasteiger charge is 2.31. The lowest BCUT2D eigenvalue weighted by atomic mass is 10.1. The summed E-state index contributed by atoms with van der Waals surface area (Å²) >= 11 is 0. The molecule has 0 unspecified atom stereocenters. The molecule has 0 bridgehead atoms. The number of aromatic nitrogens is 6. The zero-order valence-corrected chi connectivity index (χ0v) is 20.6. The maximum absolute atomic E-state index is 11.6. The zero-order valence-electron chi connectivity index (χ0n) is 20.6. The van der Waals surface area contributed by atoms with Crippen molar-refractivity contribution in [1.82, 2.24) is 29.9 Å². The molecule has 1 aliphatic heterocycles. The van der Waals surface area contributed by atoms with Crippen molar-refractivity contribution in [3.63, 3.8) is 0 Å². The van der Waals surface area contributed by atoms with Crippen LogP contribution in [0.5, 0.6) is 0 Å². The van der Waals surface area contributed by atoms with E-state index in [-0.39, 0.29) is 0 Å². The van der Waals surface area contributed by atoms with E-state index in [0.717, 1.165) is 36.2 Å². The smallest absolute Gasteiger partial charge is 0.326 e. The number of benzene rings is 1. The van der Waals surface area contributed by atoms with Crippen LogP contribution in [-0.4, -0.2) is 59.7 Å². The minimum atomic E-state index is -0.809. The number of anilines is 2. The van der Waals surface area contributed by atoms with Crippen LogP contribution in [0.2, 0.25) is 0 Å². The van der Waals surface area contributed by atoms with Gasteiger partial charge >= 0.3 is 5.97 Å². The van der Waals surface area contributed by atoms with Crippen molar-refractivity contribution < 1.29 is 9.90 Å². The highest BCUT2D eigenvalue weighted by atomic mass is 16.4. The number of rotatable bonds is 8. The van der Waals surface area contributed by atoms with Crippen molar-refractivity contribution in [3.8, 4) is 22.6 Å². The Balaban J connectivity index is 1.26. The van der Waals surface area contributed by atoms with Gasteiger partial charge in [0.1, 0.15) is 17.6 Å². The van der Waals surface area contributed by atoms with E-state index < -0.39 is 12.0 Å². The maximum atomic E-state index is 11.6. The normalized spacial score (nSPS) is 17.2. The SMILES string of the molecule is Cc1cccc(-c2cc(-c3cn(Cc4cccc(N5CCC[C@@H]5C(=O)O)n4)nn3)nc(NC3CC3)n2)c1. The van der Waals surface area contributed by atoms with Crippen molar-refractivity contribution in [2.75, 3.05) is 16.8 Å². The molecule has 2 aliphatic rings. The minimum absolute atomic E-state index is 0.412. The Morgan fingerprint density at radius 1 is 1.03 bits per heavy atom. The van der Waals surface area contributed by atoms with Crippen LogP contribution in [0.4, 0.5) is 11.8 Å². The standard InChI is InChI=1S/C27H28N8O2/c1-17-5-2-6-18(13-17)21-14-22(31-27(30-21)29-19-10-11-19)23-16-34(33-32-23)15-20-7-3-9-25(28-20)35-12-4-8-24(35)26(36)37/h2-3,5-7,9,13-14,16,19,24H,4,8,10-12,15H2,1H3,(H,36,37)(H,29,30,31)/t24-/m1/s1. The molecule has 4 aromatic rings. The third kappa shape index (κ3) is 5.13. The molecular formula is C27H28N8O2. The van der Waals surface area contributed by atoms with Crippen molar-refractivity contribution >= 4 is 17.7 Å². The third-order valence-corrected chi connectivity index (χ3v) is 6.70. The van der Waals surface area contributed by atoms with E-state index in [4.69, 9.17) is 15.0 Å². The van der Waals surface area contributed by atoms with Gasteiger partial charge in [0.2, 0.25) is 5.95 Å². The predicted octanol–water partition coefficient (Wildman–Crippen LogP) is 3.78. The summed E-state index contributed by atoms with van der Waals surface area (Å²) < 4.78 is 1.72. The summed E-state index contributed by atoms with van der Waals surface area (Å²) in [7, 11) is 0. The van der Waals surface area contributed by atoms with Gasteiger partial charge in [-0.05, 0) is 56.9 Å². The Kier molecular flexibility index (Phi) is 5.99. The van der Waals surface area contributed by atoms with Crippen LogP contribution in [0.15, 0.2) is 54.7 Å². The second-order valence-corrected chi connectivity index (χ2v) is 9.73. The van der Waals surface area contributed by atoms with Gasteiger partial charge in [0, 0.05) is 18.2 Å². The van der Waals surface area contributed by atoms with E-state index in [0.29, 0.717) is 48.7 Å². The number of aryl methyl sites for hydroxylation is 1. The summed E-state index contributed by atoms with van der Waals surface area (Å²) in [6.45, 7) is 3.17. The Labute approximate surface area is 214 Å². The Bertz CT molecular complexity index is 1450. The number of carbonyl (C=O) groups is 1. The lowest BCUT2D eigenvalue weighted by Gasteiger charge is -2.22. The summed E-state index contributed by atoms with van der Waals surface area (Å²) in [6, 6.07) is 15.8. The zero-order chi connectivity index (χ0) is 25.4. The molecule has 0 spiro atoms. The fourth-order valence-electron chi connectivity index (χ4n) is 4.68. The summed E-state index contributed by atoms with van der Waals surface area (Å²) in [4.78, 5) is 27.7. The molecular weight excluding hydrogens is 468 g/mol. The quantitative estimate of drug-likeness (QED) is 0.375. The van der Waals surface area contributed by atoms with Gasteiger partial charge in [0.25, 0.3) is 0 Å². The molecule has 37 heavy (non-hydrogen) atoms. The van der Waals surface area contributed by atoms with Crippen LogP contribution in [-0.2, 0) is 11.3 Å². The average molecular weight is 497 g/mol. The third-order valence-electron chi connectivity index (χ3n) is 6.70. The topological polar surface area (TPSA) is 122 Å². The molecule has 6 rings (SSSR count). The lowest BCUT2D eigenvalue weighted by Crippen LogP contribution is -2.36. The van der Waals surface area contributed by atoms with E-state index >= 15 is 0 Å². The van der Waals surface area contributed by atoms with E-state index in [1.807, 2.05) is 47.5 Å². The Morgan fingerprint density at radius 2 is 1.86 bits per heavy atom. The van der Waals surface area contributed by atoms with Crippen LogP contribution in [0.1, 0.15) is 36.9 Å². The number of hydrogen-bond donors (Lipinski definition) is 2. The predicted molar refractivity (Wildman–Crippen MR) is 139 cm³/mol.